The molecule has 1 aliphatic heterocycles. The molecule has 0 saturated carbocycles. The molecule has 3 aromatic heterocycles. The van der Waals surface area contributed by atoms with Crippen molar-refractivity contribution in [1.29, 1.82) is 0 Å². The number of carbonyl (C=O) groups is 1. The fourth-order valence-electron chi connectivity index (χ4n) is 3.25. The third kappa shape index (κ3) is 2.93. The van der Waals surface area contributed by atoms with E-state index in [1.165, 1.54) is 0 Å². The van der Waals surface area contributed by atoms with Crippen LogP contribution >= 0.6 is 0 Å². The Labute approximate surface area is 145 Å². The van der Waals surface area contributed by atoms with E-state index in [1.807, 2.05) is 46.1 Å². The Morgan fingerprint density at radius 3 is 2.92 bits per heavy atom. The van der Waals surface area contributed by atoms with Crippen LogP contribution in [0.4, 0.5) is 0 Å². The number of hydrogen-bond donors (Lipinski definition) is 0. The molecule has 1 amide bonds. The summed E-state index contributed by atoms with van der Waals surface area (Å²) in [5.41, 5.74) is 1.76. The Bertz CT molecular complexity index is 882. The summed E-state index contributed by atoms with van der Waals surface area (Å²) < 4.78 is 4.09. The quantitative estimate of drug-likeness (QED) is 0.728. The molecule has 0 spiro atoms. The van der Waals surface area contributed by atoms with Crippen LogP contribution in [0.2, 0.25) is 0 Å². The lowest BCUT2D eigenvalue weighted by molar-refractivity contribution is 0.0696. The van der Waals surface area contributed by atoms with E-state index in [9.17, 15) is 4.79 Å². The van der Waals surface area contributed by atoms with Gasteiger partial charge in [0.25, 0.3) is 5.91 Å². The second-order valence-corrected chi connectivity index (χ2v) is 6.15. The van der Waals surface area contributed by atoms with E-state index in [2.05, 4.69) is 26.7 Å². The number of aromatic nitrogens is 5. The molecule has 0 aromatic carbocycles. The van der Waals surface area contributed by atoms with E-state index in [-0.39, 0.29) is 5.91 Å². The standard InChI is InChI=1S/C18H20N6O/c1-2-16-20-21-17-13-23(9-10-24(16)17)18(25)15-6-4-8-22(15)12-14-5-3-7-19-11-14/h3-8,11H,2,9-10,12-13H2,1H3. The molecule has 0 radical (unpaired) electrons. The maximum atomic E-state index is 13.0. The zero-order valence-electron chi connectivity index (χ0n) is 14.2. The van der Waals surface area contributed by atoms with Crippen molar-refractivity contribution in [2.45, 2.75) is 33.0 Å². The van der Waals surface area contributed by atoms with E-state index >= 15 is 0 Å². The van der Waals surface area contributed by atoms with E-state index in [0.717, 1.165) is 30.2 Å². The van der Waals surface area contributed by atoms with Crippen LogP contribution in [-0.2, 0) is 26.1 Å². The lowest BCUT2D eigenvalue weighted by Gasteiger charge is -2.28. The number of amides is 1. The topological polar surface area (TPSA) is 68.8 Å². The van der Waals surface area contributed by atoms with E-state index in [0.29, 0.717) is 25.3 Å². The molecule has 7 heteroatoms. The number of rotatable bonds is 4. The Balaban J connectivity index is 1.53. The zero-order chi connectivity index (χ0) is 17.2. The van der Waals surface area contributed by atoms with Gasteiger partial charge in [-0.3, -0.25) is 9.78 Å². The van der Waals surface area contributed by atoms with Crippen molar-refractivity contribution in [3.8, 4) is 0 Å². The van der Waals surface area contributed by atoms with Crippen molar-refractivity contribution in [3.05, 3.63) is 65.8 Å². The highest BCUT2D eigenvalue weighted by Crippen LogP contribution is 2.17. The smallest absolute Gasteiger partial charge is 0.270 e. The minimum absolute atomic E-state index is 0.0289. The molecule has 0 N–H and O–H groups in total. The van der Waals surface area contributed by atoms with Gasteiger partial charge in [0.1, 0.15) is 11.5 Å². The van der Waals surface area contributed by atoms with Gasteiger partial charge in [-0.05, 0) is 23.8 Å². The van der Waals surface area contributed by atoms with Crippen LogP contribution in [0.25, 0.3) is 0 Å². The molecule has 0 unspecified atom stereocenters. The largest absolute Gasteiger partial charge is 0.339 e. The SMILES string of the molecule is CCc1nnc2n1CCN(C(=O)c1cccn1Cc1cccnc1)C2. The summed E-state index contributed by atoms with van der Waals surface area (Å²) in [4.78, 5) is 19.0. The normalized spacial score (nSPS) is 13.7. The molecule has 0 aliphatic carbocycles. The third-order valence-corrected chi connectivity index (χ3v) is 4.56. The van der Waals surface area contributed by atoms with Gasteiger partial charge in [-0.25, -0.2) is 0 Å². The number of aryl methyl sites for hydroxylation is 1. The lowest BCUT2D eigenvalue weighted by atomic mass is 10.2. The first-order chi connectivity index (χ1) is 12.3. The molecule has 0 saturated heterocycles. The van der Waals surface area contributed by atoms with Gasteiger partial charge in [0, 0.05) is 44.6 Å². The van der Waals surface area contributed by atoms with Gasteiger partial charge in [-0.2, -0.15) is 0 Å². The van der Waals surface area contributed by atoms with Gasteiger partial charge in [-0.15, -0.1) is 10.2 Å². The maximum Gasteiger partial charge on any atom is 0.270 e. The Hall–Kier alpha value is -2.96. The van der Waals surface area contributed by atoms with Crippen LogP contribution in [-0.4, -0.2) is 41.7 Å². The Morgan fingerprint density at radius 1 is 1.20 bits per heavy atom. The van der Waals surface area contributed by atoms with Crippen LogP contribution < -0.4 is 0 Å². The summed E-state index contributed by atoms with van der Waals surface area (Å²) in [5.74, 6) is 1.88. The number of carbonyl (C=O) groups excluding carboxylic acids is 1. The van der Waals surface area contributed by atoms with Gasteiger partial charge in [-0.1, -0.05) is 13.0 Å². The molecule has 1 aliphatic rings. The molecular weight excluding hydrogens is 316 g/mol. The van der Waals surface area contributed by atoms with E-state index in [1.54, 1.807) is 6.20 Å². The fraction of sp³-hybridized carbons (Fsp3) is 0.333. The van der Waals surface area contributed by atoms with Gasteiger partial charge in [0.2, 0.25) is 0 Å². The second kappa shape index (κ2) is 6.51. The van der Waals surface area contributed by atoms with Crippen molar-refractivity contribution in [3.63, 3.8) is 0 Å². The highest BCUT2D eigenvalue weighted by atomic mass is 16.2. The van der Waals surface area contributed by atoms with E-state index in [4.69, 9.17) is 0 Å². The second-order valence-electron chi connectivity index (χ2n) is 6.15. The predicted molar refractivity (Wildman–Crippen MR) is 91.9 cm³/mol. The van der Waals surface area contributed by atoms with Gasteiger partial charge >= 0.3 is 0 Å². The van der Waals surface area contributed by atoms with Crippen LogP contribution in [0.1, 0.15) is 34.6 Å². The molecular formula is C18H20N6O. The van der Waals surface area contributed by atoms with Crippen molar-refractivity contribution >= 4 is 5.91 Å². The first-order valence-corrected chi connectivity index (χ1v) is 8.50. The van der Waals surface area contributed by atoms with Crippen molar-refractivity contribution < 1.29 is 4.79 Å². The van der Waals surface area contributed by atoms with Crippen molar-refractivity contribution in [2.75, 3.05) is 6.54 Å². The summed E-state index contributed by atoms with van der Waals surface area (Å²) >= 11 is 0. The summed E-state index contributed by atoms with van der Waals surface area (Å²) in [6, 6.07) is 7.70. The average Bonchev–Trinajstić information content (AvgIpc) is 3.28. The van der Waals surface area contributed by atoms with Gasteiger partial charge < -0.3 is 14.0 Å². The first kappa shape index (κ1) is 15.6. The molecule has 7 nitrogen and oxygen atoms in total. The molecule has 0 atom stereocenters. The van der Waals surface area contributed by atoms with Crippen molar-refractivity contribution in [1.82, 2.24) is 29.2 Å². The van der Waals surface area contributed by atoms with Crippen LogP contribution in [0.5, 0.6) is 0 Å². The molecule has 3 aromatic rings. The van der Waals surface area contributed by atoms with Gasteiger partial charge in [0.05, 0.1) is 6.54 Å². The molecule has 0 bridgehead atoms. The Morgan fingerprint density at radius 2 is 2.12 bits per heavy atom. The number of pyridine rings is 1. The molecule has 0 fully saturated rings. The Kier molecular flexibility index (Phi) is 4.05. The minimum atomic E-state index is 0.0289. The number of fused-ring (bicyclic) bond motifs is 1. The number of hydrogen-bond acceptors (Lipinski definition) is 4. The van der Waals surface area contributed by atoms with E-state index < -0.39 is 0 Å². The summed E-state index contributed by atoms with van der Waals surface area (Å²) in [6.45, 7) is 4.63. The predicted octanol–water partition coefficient (Wildman–Crippen LogP) is 1.74. The monoisotopic (exact) mass is 336 g/mol. The molecule has 128 valence electrons. The highest BCUT2D eigenvalue weighted by molar-refractivity contribution is 5.92. The summed E-state index contributed by atoms with van der Waals surface area (Å²) in [7, 11) is 0. The van der Waals surface area contributed by atoms with Crippen LogP contribution in [0, 0.1) is 0 Å². The number of nitrogens with zero attached hydrogens (tertiary/aromatic N) is 6. The zero-order valence-corrected chi connectivity index (χ0v) is 14.2. The molecule has 25 heavy (non-hydrogen) atoms. The fourth-order valence-corrected chi connectivity index (χ4v) is 3.25. The maximum absolute atomic E-state index is 13.0. The minimum Gasteiger partial charge on any atom is -0.339 e. The summed E-state index contributed by atoms with van der Waals surface area (Å²) in [6.07, 6.45) is 6.36. The lowest BCUT2D eigenvalue weighted by Crippen LogP contribution is -2.39. The van der Waals surface area contributed by atoms with Crippen molar-refractivity contribution in [2.24, 2.45) is 0 Å². The first-order valence-electron chi connectivity index (χ1n) is 8.50. The third-order valence-electron chi connectivity index (χ3n) is 4.56. The highest BCUT2D eigenvalue weighted by Gasteiger charge is 2.26. The van der Waals surface area contributed by atoms with Gasteiger partial charge in [0.15, 0.2) is 5.82 Å². The molecule has 4 heterocycles. The van der Waals surface area contributed by atoms with Crippen LogP contribution in [0.15, 0.2) is 42.9 Å². The molecule has 4 rings (SSSR count). The average molecular weight is 336 g/mol. The van der Waals surface area contributed by atoms with Crippen LogP contribution in [0.3, 0.4) is 0 Å². The summed E-state index contributed by atoms with van der Waals surface area (Å²) in [5, 5.41) is 8.44.